The van der Waals surface area contributed by atoms with Gasteiger partial charge in [-0.05, 0) is 18.2 Å². The number of aromatic nitrogens is 4. The Balaban J connectivity index is 2.25. The first-order valence-corrected chi connectivity index (χ1v) is 7.59. The molecular weight excluding hydrogens is 396 g/mol. The monoisotopic (exact) mass is 404 g/mol. The van der Waals surface area contributed by atoms with E-state index in [2.05, 4.69) is 14.8 Å². The molecule has 0 aromatic carbocycles. The molecule has 0 unspecified atom stereocenters. The highest BCUT2D eigenvalue weighted by Gasteiger charge is 2.36. The molecule has 0 radical (unpaired) electrons. The van der Waals surface area contributed by atoms with Crippen LogP contribution >= 0.6 is 11.6 Å². The lowest BCUT2D eigenvalue weighted by Gasteiger charge is -2.09. The second-order valence-electron chi connectivity index (χ2n) is 5.30. The zero-order valence-corrected chi connectivity index (χ0v) is 14.2. The van der Waals surface area contributed by atoms with Crippen LogP contribution in [-0.2, 0) is 17.5 Å². The Hall–Kier alpha value is -2.95. The largest absolute Gasteiger partial charge is 0.464 e. The number of fused-ring (bicyclic) bond motifs is 1. The molecule has 27 heavy (non-hydrogen) atoms. The number of halogens is 5. The summed E-state index contributed by atoms with van der Waals surface area (Å²) in [6, 6.07) is 2.35. The van der Waals surface area contributed by atoms with E-state index in [1.807, 2.05) is 0 Å². The summed E-state index contributed by atoms with van der Waals surface area (Å²) in [6.07, 6.45) is -3.73. The number of methoxy groups -OCH3 is 1. The minimum Gasteiger partial charge on any atom is -0.464 e. The standard InChI is InChI=1S/C15H9ClF4N4O3/c1-27-13(25)11-3-2-8(15(18,19)20)12-22-23(14(26)24(11)12)6-10-9(17)4-7(16)5-21-10/h2-5H,6H2,1H3. The number of pyridine rings is 2. The molecule has 0 aliphatic heterocycles. The minimum atomic E-state index is -4.84. The zero-order chi connectivity index (χ0) is 19.9. The Labute approximate surface area is 152 Å². The first-order valence-electron chi connectivity index (χ1n) is 7.21. The van der Waals surface area contributed by atoms with Crippen molar-refractivity contribution in [3.8, 4) is 0 Å². The van der Waals surface area contributed by atoms with Crippen LogP contribution in [-0.4, -0.2) is 32.2 Å². The predicted molar refractivity (Wildman–Crippen MR) is 84.1 cm³/mol. The third kappa shape index (κ3) is 3.37. The molecule has 0 aliphatic rings. The molecule has 142 valence electrons. The molecule has 0 spiro atoms. The van der Waals surface area contributed by atoms with Crippen LogP contribution in [0.3, 0.4) is 0 Å². The first kappa shape index (κ1) is 18.8. The van der Waals surface area contributed by atoms with Gasteiger partial charge in [-0.15, -0.1) is 5.10 Å². The van der Waals surface area contributed by atoms with Crippen molar-refractivity contribution in [2.24, 2.45) is 0 Å². The van der Waals surface area contributed by atoms with Crippen LogP contribution in [0.25, 0.3) is 5.65 Å². The molecule has 7 nitrogen and oxygen atoms in total. The number of nitrogens with zero attached hydrogens (tertiary/aromatic N) is 4. The Bertz CT molecular complexity index is 1110. The molecule has 0 bridgehead atoms. The second-order valence-corrected chi connectivity index (χ2v) is 5.74. The number of carbonyl (C=O) groups excluding carboxylic acids is 1. The van der Waals surface area contributed by atoms with Crippen LogP contribution in [0.4, 0.5) is 17.6 Å². The molecule has 3 aromatic rings. The molecule has 0 atom stereocenters. The van der Waals surface area contributed by atoms with Crippen LogP contribution in [0.1, 0.15) is 21.7 Å². The van der Waals surface area contributed by atoms with Crippen molar-refractivity contribution < 1.29 is 27.1 Å². The van der Waals surface area contributed by atoms with Crippen LogP contribution in [0, 0.1) is 5.82 Å². The molecule has 3 heterocycles. The van der Waals surface area contributed by atoms with Gasteiger partial charge in [0.15, 0.2) is 5.65 Å². The second kappa shape index (κ2) is 6.65. The maximum Gasteiger partial charge on any atom is 0.420 e. The third-order valence-electron chi connectivity index (χ3n) is 3.61. The summed E-state index contributed by atoms with van der Waals surface area (Å²) in [6.45, 7) is -0.568. The number of esters is 1. The van der Waals surface area contributed by atoms with Gasteiger partial charge in [0.1, 0.15) is 17.1 Å². The van der Waals surface area contributed by atoms with Crippen LogP contribution in [0.5, 0.6) is 0 Å². The Morgan fingerprint density at radius 2 is 2.04 bits per heavy atom. The Morgan fingerprint density at radius 3 is 2.63 bits per heavy atom. The van der Waals surface area contributed by atoms with Crippen LogP contribution in [0.15, 0.2) is 29.2 Å². The van der Waals surface area contributed by atoms with Crippen molar-refractivity contribution in [2.45, 2.75) is 12.7 Å². The summed E-state index contributed by atoms with van der Waals surface area (Å²) in [5, 5.41) is 3.62. The first-order chi connectivity index (χ1) is 12.6. The smallest absolute Gasteiger partial charge is 0.420 e. The maximum atomic E-state index is 13.9. The normalized spacial score (nSPS) is 11.8. The number of carbonyl (C=O) groups is 1. The van der Waals surface area contributed by atoms with E-state index in [-0.39, 0.29) is 10.7 Å². The minimum absolute atomic E-state index is 0.00549. The van der Waals surface area contributed by atoms with E-state index in [1.54, 1.807) is 0 Å². The fourth-order valence-electron chi connectivity index (χ4n) is 2.40. The third-order valence-corrected chi connectivity index (χ3v) is 3.82. The highest BCUT2D eigenvalue weighted by Crippen LogP contribution is 2.32. The predicted octanol–water partition coefficient (Wildman–Crippen LogP) is 2.54. The summed E-state index contributed by atoms with van der Waals surface area (Å²) in [4.78, 5) is 28.1. The van der Waals surface area contributed by atoms with Crippen molar-refractivity contribution in [2.75, 3.05) is 7.11 Å². The number of hydrogen-bond donors (Lipinski definition) is 0. The van der Waals surface area contributed by atoms with Gasteiger partial charge in [-0.2, -0.15) is 13.2 Å². The number of hydrogen-bond acceptors (Lipinski definition) is 5. The van der Waals surface area contributed by atoms with Gasteiger partial charge in [0.2, 0.25) is 0 Å². The molecule has 0 aliphatic carbocycles. The quantitative estimate of drug-likeness (QED) is 0.495. The lowest BCUT2D eigenvalue weighted by molar-refractivity contribution is -0.136. The van der Waals surface area contributed by atoms with Gasteiger partial charge >= 0.3 is 17.8 Å². The van der Waals surface area contributed by atoms with Crippen LogP contribution < -0.4 is 5.69 Å². The SMILES string of the molecule is COC(=O)c1ccc(C(F)(F)F)c2nn(Cc3ncc(Cl)cc3F)c(=O)n12. The van der Waals surface area contributed by atoms with Gasteiger partial charge in [0.05, 0.1) is 24.4 Å². The number of rotatable bonds is 3. The van der Waals surface area contributed by atoms with E-state index >= 15 is 0 Å². The van der Waals surface area contributed by atoms with Crippen molar-refractivity contribution >= 4 is 23.2 Å². The molecule has 0 amide bonds. The number of alkyl halides is 3. The molecule has 0 N–H and O–H groups in total. The summed E-state index contributed by atoms with van der Waals surface area (Å²) >= 11 is 5.59. The van der Waals surface area contributed by atoms with Gasteiger partial charge in [0, 0.05) is 6.20 Å². The Morgan fingerprint density at radius 1 is 1.33 bits per heavy atom. The van der Waals surface area contributed by atoms with Gasteiger partial charge < -0.3 is 4.74 Å². The molecule has 3 aromatic heterocycles. The molecule has 0 saturated carbocycles. The molecular formula is C15H9ClF4N4O3. The van der Waals surface area contributed by atoms with Crippen molar-refractivity contribution in [1.29, 1.82) is 0 Å². The topological polar surface area (TPSA) is 78.5 Å². The van der Waals surface area contributed by atoms with Crippen molar-refractivity contribution in [3.05, 3.63) is 62.7 Å². The maximum absolute atomic E-state index is 13.9. The van der Waals surface area contributed by atoms with Gasteiger partial charge in [-0.3, -0.25) is 4.98 Å². The van der Waals surface area contributed by atoms with Gasteiger partial charge in [-0.1, -0.05) is 11.6 Å². The van der Waals surface area contributed by atoms with Crippen LogP contribution in [0.2, 0.25) is 5.02 Å². The lowest BCUT2D eigenvalue weighted by atomic mass is 10.2. The highest BCUT2D eigenvalue weighted by atomic mass is 35.5. The van der Waals surface area contributed by atoms with Crippen molar-refractivity contribution in [1.82, 2.24) is 19.2 Å². The fourth-order valence-corrected chi connectivity index (χ4v) is 2.54. The average Bonchev–Trinajstić information content (AvgIpc) is 2.91. The fraction of sp³-hybridized carbons (Fsp3) is 0.200. The molecule has 0 fully saturated rings. The van der Waals surface area contributed by atoms with Gasteiger partial charge in [-0.25, -0.2) is 23.1 Å². The Kier molecular flexibility index (Phi) is 4.64. The zero-order valence-electron chi connectivity index (χ0n) is 13.4. The molecule has 0 saturated heterocycles. The van der Waals surface area contributed by atoms with E-state index in [0.29, 0.717) is 15.1 Å². The lowest BCUT2D eigenvalue weighted by Crippen LogP contribution is -2.26. The van der Waals surface area contributed by atoms with E-state index in [0.717, 1.165) is 25.4 Å². The highest BCUT2D eigenvalue weighted by molar-refractivity contribution is 6.30. The van der Waals surface area contributed by atoms with E-state index in [9.17, 15) is 27.2 Å². The van der Waals surface area contributed by atoms with E-state index in [4.69, 9.17) is 11.6 Å². The summed E-state index contributed by atoms with van der Waals surface area (Å²) in [5.74, 6) is -1.90. The van der Waals surface area contributed by atoms with Crippen molar-refractivity contribution in [3.63, 3.8) is 0 Å². The summed E-state index contributed by atoms with van der Waals surface area (Å²) < 4.78 is 59.1. The average molecular weight is 405 g/mol. The van der Waals surface area contributed by atoms with E-state index in [1.165, 1.54) is 0 Å². The van der Waals surface area contributed by atoms with Gasteiger partial charge in [0.25, 0.3) is 0 Å². The molecule has 12 heteroatoms. The molecule has 3 rings (SSSR count). The van der Waals surface area contributed by atoms with E-state index < -0.39 is 47.1 Å². The summed E-state index contributed by atoms with van der Waals surface area (Å²) in [7, 11) is 1.01. The summed E-state index contributed by atoms with van der Waals surface area (Å²) in [5.41, 5.74) is -3.87. The number of ether oxygens (including phenoxy) is 1.